The first-order valence-corrected chi connectivity index (χ1v) is 11.5. The zero-order valence-electron chi connectivity index (χ0n) is 16.5. The lowest BCUT2D eigenvalue weighted by atomic mass is 10.3. The number of carbonyl (C=O) groups excluding carboxylic acids is 2. The van der Waals surface area contributed by atoms with Crippen LogP contribution in [0.15, 0.2) is 34.7 Å². The molecule has 10 heteroatoms. The number of carbonyl (C=O) groups is 2. The van der Waals surface area contributed by atoms with Gasteiger partial charge in [-0.3, -0.25) is 14.5 Å². The van der Waals surface area contributed by atoms with E-state index in [1.807, 2.05) is 30.3 Å². The van der Waals surface area contributed by atoms with E-state index in [0.717, 1.165) is 39.3 Å². The highest BCUT2D eigenvalue weighted by Crippen LogP contribution is 2.22. The number of piperazine rings is 1. The molecular weight excluding hydrogens is 408 g/mol. The van der Waals surface area contributed by atoms with Crippen molar-refractivity contribution in [2.45, 2.75) is 11.3 Å². The van der Waals surface area contributed by atoms with Crippen LogP contribution in [0.3, 0.4) is 0 Å². The maximum absolute atomic E-state index is 12.2. The van der Waals surface area contributed by atoms with E-state index < -0.39 is 0 Å². The van der Waals surface area contributed by atoms with Crippen LogP contribution in [0, 0.1) is 0 Å². The largest absolute Gasteiger partial charge is 0.354 e. The molecule has 1 aliphatic heterocycles. The number of anilines is 1. The minimum atomic E-state index is -0.298. The molecule has 156 valence electrons. The number of benzene rings is 1. The van der Waals surface area contributed by atoms with Gasteiger partial charge in [-0.15, -0.1) is 10.2 Å². The molecule has 1 fully saturated rings. The van der Waals surface area contributed by atoms with E-state index in [-0.39, 0.29) is 22.6 Å². The van der Waals surface area contributed by atoms with Gasteiger partial charge in [-0.2, -0.15) is 0 Å². The van der Waals surface area contributed by atoms with Gasteiger partial charge in [0.2, 0.25) is 10.9 Å². The molecule has 0 spiro atoms. The molecule has 8 nitrogen and oxygen atoms in total. The molecule has 1 saturated heterocycles. The zero-order valence-corrected chi connectivity index (χ0v) is 18.1. The molecule has 2 N–H and O–H groups in total. The number of hydrogen-bond donors (Lipinski definition) is 2. The van der Waals surface area contributed by atoms with Crippen LogP contribution >= 0.6 is 23.1 Å². The van der Waals surface area contributed by atoms with Crippen LogP contribution in [0.25, 0.3) is 0 Å². The molecule has 1 aromatic heterocycles. The minimum Gasteiger partial charge on any atom is -0.354 e. The quantitative estimate of drug-likeness (QED) is 0.580. The Bertz CT molecular complexity index is 793. The fraction of sp³-hybridized carbons (Fsp3) is 0.474. The Hall–Kier alpha value is -2.01. The molecule has 1 aliphatic rings. The second-order valence-electron chi connectivity index (χ2n) is 6.61. The molecular formula is C19H26N6O2S2. The number of amides is 2. The van der Waals surface area contributed by atoms with Crippen molar-refractivity contribution in [1.29, 1.82) is 0 Å². The van der Waals surface area contributed by atoms with E-state index in [9.17, 15) is 9.59 Å². The molecule has 2 heterocycles. The van der Waals surface area contributed by atoms with Crippen LogP contribution in [0.1, 0.15) is 16.7 Å². The number of para-hydroxylation sites is 1. The molecule has 2 aromatic rings. The molecule has 0 bridgehead atoms. The maximum atomic E-state index is 12.2. The van der Waals surface area contributed by atoms with Crippen LogP contribution in [0.4, 0.5) is 5.69 Å². The lowest BCUT2D eigenvalue weighted by Gasteiger charge is -2.33. The van der Waals surface area contributed by atoms with E-state index in [4.69, 9.17) is 0 Å². The van der Waals surface area contributed by atoms with E-state index in [0.29, 0.717) is 16.6 Å². The van der Waals surface area contributed by atoms with Crippen molar-refractivity contribution in [2.24, 2.45) is 0 Å². The molecule has 2 amide bonds. The number of hydrogen-bond acceptors (Lipinski definition) is 8. The van der Waals surface area contributed by atoms with Gasteiger partial charge in [-0.05, 0) is 18.7 Å². The predicted molar refractivity (Wildman–Crippen MR) is 117 cm³/mol. The van der Waals surface area contributed by atoms with E-state index in [1.165, 1.54) is 23.1 Å². The summed E-state index contributed by atoms with van der Waals surface area (Å²) in [5.41, 5.74) is 0.706. The van der Waals surface area contributed by atoms with E-state index in [2.05, 4.69) is 37.6 Å². The van der Waals surface area contributed by atoms with E-state index in [1.54, 1.807) is 0 Å². The van der Waals surface area contributed by atoms with Gasteiger partial charge in [0.05, 0.1) is 5.75 Å². The molecule has 1 aromatic carbocycles. The lowest BCUT2D eigenvalue weighted by molar-refractivity contribution is -0.118. The second kappa shape index (κ2) is 11.2. The molecule has 0 saturated carbocycles. The Morgan fingerprint density at radius 2 is 1.83 bits per heavy atom. The van der Waals surface area contributed by atoms with Gasteiger partial charge in [0.15, 0.2) is 4.34 Å². The van der Waals surface area contributed by atoms with Gasteiger partial charge in [0.1, 0.15) is 0 Å². The maximum Gasteiger partial charge on any atom is 0.286 e. The summed E-state index contributed by atoms with van der Waals surface area (Å²) in [6.45, 7) is 9.10. The molecule has 0 unspecified atom stereocenters. The average Bonchev–Trinajstić information content (AvgIpc) is 3.23. The predicted octanol–water partition coefficient (Wildman–Crippen LogP) is 1.64. The van der Waals surface area contributed by atoms with Crippen LogP contribution in [0.5, 0.6) is 0 Å². The number of nitrogens with zero attached hydrogens (tertiary/aromatic N) is 4. The first kappa shape index (κ1) is 21.7. The van der Waals surface area contributed by atoms with Crippen LogP contribution in [0.2, 0.25) is 0 Å². The number of aromatic nitrogens is 2. The summed E-state index contributed by atoms with van der Waals surface area (Å²) < 4.78 is 0.606. The highest BCUT2D eigenvalue weighted by molar-refractivity contribution is 8.01. The normalized spacial score (nSPS) is 15.2. The third kappa shape index (κ3) is 7.07. The Balaban J connectivity index is 1.34. The monoisotopic (exact) mass is 434 g/mol. The van der Waals surface area contributed by atoms with Crippen LogP contribution < -0.4 is 10.6 Å². The average molecular weight is 435 g/mol. The van der Waals surface area contributed by atoms with Crippen molar-refractivity contribution in [3.8, 4) is 0 Å². The summed E-state index contributed by atoms with van der Waals surface area (Å²) in [5.74, 6) is -0.0701. The van der Waals surface area contributed by atoms with Gasteiger partial charge in [0, 0.05) is 45.0 Å². The molecule has 29 heavy (non-hydrogen) atoms. The number of thioether (sulfide) groups is 1. The Morgan fingerprint density at radius 1 is 1.10 bits per heavy atom. The molecule has 0 aliphatic carbocycles. The summed E-state index contributed by atoms with van der Waals surface area (Å²) in [7, 11) is 0. The van der Waals surface area contributed by atoms with Crippen molar-refractivity contribution in [1.82, 2.24) is 25.3 Å². The molecule has 3 rings (SSSR count). The van der Waals surface area contributed by atoms with Gasteiger partial charge in [-0.25, -0.2) is 0 Å². The fourth-order valence-corrected chi connectivity index (χ4v) is 4.50. The molecule has 0 radical (unpaired) electrons. The first-order chi connectivity index (χ1) is 14.1. The summed E-state index contributed by atoms with van der Waals surface area (Å²) in [4.78, 5) is 29.1. The third-order valence-corrected chi connectivity index (χ3v) is 6.68. The molecule has 0 atom stereocenters. The summed E-state index contributed by atoms with van der Waals surface area (Å²) in [6, 6.07) is 9.19. The highest BCUT2D eigenvalue weighted by atomic mass is 32.2. The van der Waals surface area contributed by atoms with Crippen molar-refractivity contribution in [3.05, 3.63) is 35.3 Å². The first-order valence-electron chi connectivity index (χ1n) is 9.68. The zero-order chi connectivity index (χ0) is 20.5. The van der Waals surface area contributed by atoms with Gasteiger partial charge < -0.3 is 15.5 Å². The van der Waals surface area contributed by atoms with Gasteiger partial charge in [-0.1, -0.05) is 48.2 Å². The van der Waals surface area contributed by atoms with Crippen molar-refractivity contribution < 1.29 is 9.59 Å². The highest BCUT2D eigenvalue weighted by Gasteiger charge is 2.16. The number of likely N-dealkylation sites (N-methyl/N-ethyl adjacent to an activating group) is 1. The lowest BCUT2D eigenvalue weighted by Crippen LogP contribution is -2.48. The number of rotatable bonds is 9. The summed E-state index contributed by atoms with van der Waals surface area (Å²) >= 11 is 2.48. The van der Waals surface area contributed by atoms with Crippen molar-refractivity contribution in [2.75, 3.05) is 56.9 Å². The smallest absolute Gasteiger partial charge is 0.286 e. The van der Waals surface area contributed by atoms with Crippen LogP contribution in [-0.4, -0.2) is 83.4 Å². The topological polar surface area (TPSA) is 90.5 Å². The second-order valence-corrected chi connectivity index (χ2v) is 8.81. The van der Waals surface area contributed by atoms with Gasteiger partial charge in [0.25, 0.3) is 5.91 Å². The van der Waals surface area contributed by atoms with Gasteiger partial charge >= 0.3 is 0 Å². The SMILES string of the molecule is CCN1CCN(CCNC(=O)CSc2nnc(C(=O)Nc3ccccc3)s2)CC1. The Labute approximate surface area is 179 Å². The Morgan fingerprint density at radius 3 is 2.55 bits per heavy atom. The Kier molecular flexibility index (Phi) is 8.41. The minimum absolute atomic E-state index is 0.0346. The third-order valence-electron chi connectivity index (χ3n) is 4.62. The van der Waals surface area contributed by atoms with E-state index >= 15 is 0 Å². The standard InChI is InChI=1S/C19H26N6O2S2/c1-2-24-10-12-25(13-11-24)9-8-20-16(26)14-28-19-23-22-18(29-19)17(27)21-15-6-4-3-5-7-15/h3-7H,2,8-14H2,1H3,(H,20,26)(H,21,27). The number of nitrogens with one attached hydrogen (secondary N) is 2. The van der Waals surface area contributed by atoms with Crippen LogP contribution in [-0.2, 0) is 4.79 Å². The summed E-state index contributed by atoms with van der Waals surface area (Å²) in [5, 5.41) is 13.9. The van der Waals surface area contributed by atoms with Crippen molar-refractivity contribution in [3.63, 3.8) is 0 Å². The van der Waals surface area contributed by atoms with Crippen molar-refractivity contribution >= 4 is 40.6 Å². The summed E-state index contributed by atoms with van der Waals surface area (Å²) in [6.07, 6.45) is 0. The fourth-order valence-electron chi connectivity index (χ4n) is 2.93.